The molecule has 39 heavy (non-hydrogen) atoms. The molecule has 2 aromatic rings. The highest BCUT2D eigenvalue weighted by Crippen LogP contribution is 2.43. The molecule has 212 valence electrons. The summed E-state index contributed by atoms with van der Waals surface area (Å²) in [5.74, 6) is 0.171. The normalized spacial score (nSPS) is 17.3. The van der Waals surface area contributed by atoms with Crippen LogP contribution in [0.25, 0.3) is 5.76 Å². The highest BCUT2D eigenvalue weighted by atomic mass is 16.5. The summed E-state index contributed by atoms with van der Waals surface area (Å²) in [5, 5.41) is 11.6. The molecule has 0 saturated carbocycles. The lowest BCUT2D eigenvalue weighted by molar-refractivity contribution is -0.140. The Morgan fingerprint density at radius 3 is 2.28 bits per heavy atom. The molecule has 1 fully saturated rings. The van der Waals surface area contributed by atoms with Crippen molar-refractivity contribution in [1.29, 1.82) is 0 Å². The fraction of sp³-hybridized carbons (Fsp3) is 0.484. The van der Waals surface area contributed by atoms with Crippen LogP contribution in [0.1, 0.15) is 64.3 Å². The maximum absolute atomic E-state index is 13.5. The molecule has 0 aliphatic carbocycles. The summed E-state index contributed by atoms with van der Waals surface area (Å²) in [6.45, 7) is 13.3. The van der Waals surface area contributed by atoms with Gasteiger partial charge in [0.05, 0.1) is 31.4 Å². The minimum atomic E-state index is -0.795. The summed E-state index contributed by atoms with van der Waals surface area (Å²) >= 11 is 0. The highest BCUT2D eigenvalue weighted by Gasteiger charge is 2.46. The molecule has 0 radical (unpaired) electrons. The van der Waals surface area contributed by atoms with E-state index >= 15 is 0 Å². The monoisotopic (exact) mass is 538 g/mol. The number of amides is 1. The number of ketones is 1. The van der Waals surface area contributed by atoms with E-state index in [2.05, 4.69) is 20.8 Å². The summed E-state index contributed by atoms with van der Waals surface area (Å²) in [5.41, 5.74) is 1.75. The van der Waals surface area contributed by atoms with E-state index in [1.165, 1.54) is 4.90 Å². The number of hydrogen-bond acceptors (Lipinski definition) is 7. The summed E-state index contributed by atoms with van der Waals surface area (Å²) < 4.78 is 17.3. The van der Waals surface area contributed by atoms with Gasteiger partial charge in [0.2, 0.25) is 0 Å². The molecule has 1 heterocycles. The second-order valence-electron chi connectivity index (χ2n) is 11.3. The fourth-order valence-corrected chi connectivity index (χ4v) is 4.67. The molecule has 1 aliphatic rings. The van der Waals surface area contributed by atoms with E-state index in [9.17, 15) is 14.7 Å². The van der Waals surface area contributed by atoms with Gasteiger partial charge in [0.15, 0.2) is 11.5 Å². The number of nitrogens with zero attached hydrogens (tertiary/aromatic N) is 2. The van der Waals surface area contributed by atoms with Crippen molar-refractivity contribution in [3.05, 3.63) is 58.7 Å². The number of carbonyl (C=O) groups excluding carboxylic acids is 2. The standard InChI is InChI=1S/C31H42N2O6/c1-10-38-23-13-12-21(17-22(23)31(4,5)6)28(34)26-27(33(16-15-32(7)8)30(36)29(26)35)20-11-14-24(39-19(2)3)25(18-20)37-9/h11-14,17-19,27,34H,10,15-16H2,1-9H3/b28-26+. The fourth-order valence-electron chi connectivity index (χ4n) is 4.67. The van der Waals surface area contributed by atoms with Gasteiger partial charge in [0.1, 0.15) is 11.5 Å². The molecule has 3 rings (SSSR count). The van der Waals surface area contributed by atoms with Crippen molar-refractivity contribution in [3.63, 3.8) is 0 Å². The van der Waals surface area contributed by atoms with Crippen LogP contribution in [0.4, 0.5) is 0 Å². The van der Waals surface area contributed by atoms with Crippen molar-refractivity contribution in [2.24, 2.45) is 0 Å². The Balaban J connectivity index is 2.23. The van der Waals surface area contributed by atoms with Gasteiger partial charge in [0.25, 0.3) is 11.7 Å². The van der Waals surface area contributed by atoms with E-state index in [0.29, 0.717) is 42.3 Å². The largest absolute Gasteiger partial charge is 0.507 e. The summed E-state index contributed by atoms with van der Waals surface area (Å²) in [6, 6.07) is 9.92. The van der Waals surface area contributed by atoms with Gasteiger partial charge in [-0.25, -0.2) is 0 Å². The number of ether oxygens (including phenoxy) is 3. The van der Waals surface area contributed by atoms with Crippen molar-refractivity contribution in [3.8, 4) is 17.2 Å². The molecule has 0 spiro atoms. The van der Waals surface area contributed by atoms with Crippen LogP contribution in [0.2, 0.25) is 0 Å². The van der Waals surface area contributed by atoms with E-state index in [1.54, 1.807) is 31.4 Å². The van der Waals surface area contributed by atoms with Gasteiger partial charge in [-0.05, 0) is 76.2 Å². The number of Topliss-reactive ketones (excluding diaryl/α,β-unsaturated/α-hetero) is 1. The molecule has 1 atom stereocenters. The Kier molecular flexibility index (Phi) is 9.33. The topological polar surface area (TPSA) is 88.5 Å². The van der Waals surface area contributed by atoms with Crippen LogP contribution in [-0.4, -0.2) is 73.6 Å². The highest BCUT2D eigenvalue weighted by molar-refractivity contribution is 6.46. The number of likely N-dealkylation sites (tertiary alicyclic amines) is 1. The van der Waals surface area contributed by atoms with Gasteiger partial charge in [-0.1, -0.05) is 26.8 Å². The van der Waals surface area contributed by atoms with Crippen LogP contribution in [0, 0.1) is 0 Å². The smallest absolute Gasteiger partial charge is 0.295 e. The molecule has 2 aromatic carbocycles. The predicted molar refractivity (Wildman–Crippen MR) is 153 cm³/mol. The first-order valence-corrected chi connectivity index (χ1v) is 13.4. The number of carbonyl (C=O) groups is 2. The lowest BCUT2D eigenvalue weighted by Crippen LogP contribution is -2.35. The lowest BCUT2D eigenvalue weighted by Gasteiger charge is -2.27. The van der Waals surface area contributed by atoms with Crippen molar-refractivity contribution >= 4 is 17.4 Å². The first-order chi connectivity index (χ1) is 18.3. The van der Waals surface area contributed by atoms with Crippen LogP contribution < -0.4 is 14.2 Å². The molecule has 1 unspecified atom stereocenters. The van der Waals surface area contributed by atoms with Crippen LogP contribution in [0.15, 0.2) is 42.0 Å². The van der Waals surface area contributed by atoms with Crippen molar-refractivity contribution in [2.75, 3.05) is 40.9 Å². The molecule has 1 aliphatic heterocycles. The third-order valence-corrected chi connectivity index (χ3v) is 6.56. The third kappa shape index (κ3) is 6.56. The number of hydrogen-bond donors (Lipinski definition) is 1. The first kappa shape index (κ1) is 30.0. The molecular weight excluding hydrogens is 496 g/mol. The van der Waals surface area contributed by atoms with E-state index in [0.717, 1.165) is 11.3 Å². The van der Waals surface area contributed by atoms with Gasteiger partial charge in [-0.15, -0.1) is 0 Å². The molecule has 0 aromatic heterocycles. The predicted octanol–water partition coefficient (Wildman–Crippen LogP) is 5.16. The van der Waals surface area contributed by atoms with Crippen molar-refractivity contribution < 1.29 is 28.9 Å². The zero-order valence-corrected chi connectivity index (χ0v) is 24.6. The SMILES string of the molecule is CCOc1ccc(/C(O)=C2\C(=O)C(=O)N(CCN(C)C)C2c2ccc(OC(C)C)c(OC)c2)cc1C(C)(C)C. The lowest BCUT2D eigenvalue weighted by atomic mass is 9.84. The Morgan fingerprint density at radius 2 is 1.72 bits per heavy atom. The Labute approximate surface area is 232 Å². The summed E-state index contributed by atoms with van der Waals surface area (Å²) in [4.78, 5) is 30.3. The van der Waals surface area contributed by atoms with Crippen molar-refractivity contribution in [2.45, 2.75) is 59.1 Å². The zero-order chi connectivity index (χ0) is 29.1. The van der Waals surface area contributed by atoms with E-state index in [1.807, 2.05) is 51.9 Å². The number of likely N-dealkylation sites (N-methyl/N-ethyl adjacent to an activating group) is 1. The van der Waals surface area contributed by atoms with Gasteiger partial charge in [-0.3, -0.25) is 9.59 Å². The minimum Gasteiger partial charge on any atom is -0.507 e. The minimum absolute atomic E-state index is 0.0438. The zero-order valence-electron chi connectivity index (χ0n) is 24.6. The Bertz CT molecular complexity index is 1240. The van der Waals surface area contributed by atoms with E-state index < -0.39 is 17.7 Å². The summed E-state index contributed by atoms with van der Waals surface area (Å²) in [6.07, 6.45) is -0.0628. The van der Waals surface area contributed by atoms with Gasteiger partial charge >= 0.3 is 0 Å². The van der Waals surface area contributed by atoms with Crippen LogP contribution >= 0.6 is 0 Å². The van der Waals surface area contributed by atoms with E-state index in [4.69, 9.17) is 14.2 Å². The van der Waals surface area contributed by atoms with Gasteiger partial charge < -0.3 is 29.1 Å². The van der Waals surface area contributed by atoms with Gasteiger partial charge in [0, 0.05) is 24.2 Å². The average molecular weight is 539 g/mol. The average Bonchev–Trinajstić information content (AvgIpc) is 3.11. The number of methoxy groups -OCH3 is 1. The van der Waals surface area contributed by atoms with Gasteiger partial charge in [-0.2, -0.15) is 0 Å². The van der Waals surface area contributed by atoms with Crippen LogP contribution in [0.5, 0.6) is 17.2 Å². The second-order valence-corrected chi connectivity index (χ2v) is 11.3. The van der Waals surface area contributed by atoms with E-state index in [-0.39, 0.29) is 22.9 Å². The number of aliphatic hydroxyl groups excluding tert-OH is 1. The molecule has 8 heteroatoms. The number of benzene rings is 2. The third-order valence-electron chi connectivity index (χ3n) is 6.56. The number of aliphatic hydroxyl groups is 1. The van der Waals surface area contributed by atoms with Crippen LogP contribution in [-0.2, 0) is 15.0 Å². The molecule has 1 saturated heterocycles. The molecule has 1 N–H and O–H groups in total. The van der Waals surface area contributed by atoms with Crippen molar-refractivity contribution in [1.82, 2.24) is 9.80 Å². The molecular formula is C31H42N2O6. The van der Waals surface area contributed by atoms with Crippen LogP contribution in [0.3, 0.4) is 0 Å². The molecule has 0 bridgehead atoms. The Hall–Kier alpha value is -3.52. The second kappa shape index (κ2) is 12.1. The summed E-state index contributed by atoms with van der Waals surface area (Å²) in [7, 11) is 5.35. The maximum Gasteiger partial charge on any atom is 0.295 e. The first-order valence-electron chi connectivity index (χ1n) is 13.4. The quantitative estimate of drug-likeness (QED) is 0.254. The maximum atomic E-state index is 13.5. The Morgan fingerprint density at radius 1 is 1.05 bits per heavy atom. The molecule has 8 nitrogen and oxygen atoms in total. The number of rotatable bonds is 10. The molecule has 1 amide bonds.